The van der Waals surface area contributed by atoms with Crippen molar-refractivity contribution in [3.05, 3.63) is 41.9 Å². The number of rotatable bonds is 3. The standard InChI is InChI=1S/C15H19N3O/c1-10-3-5-12(6-4-10)13-7-17-14(18-13)11(2)15(16)8-19-9-15/h3-7,11H,8-9,16H2,1-2H3,(H,17,18)/t11-/m1/s1. The van der Waals surface area contributed by atoms with E-state index in [2.05, 4.69) is 48.1 Å². The van der Waals surface area contributed by atoms with E-state index in [1.807, 2.05) is 6.20 Å². The molecule has 2 aromatic rings. The highest BCUT2D eigenvalue weighted by Crippen LogP contribution is 2.31. The van der Waals surface area contributed by atoms with Gasteiger partial charge in [0.25, 0.3) is 0 Å². The summed E-state index contributed by atoms with van der Waals surface area (Å²) in [7, 11) is 0. The molecule has 0 spiro atoms. The SMILES string of the molecule is Cc1ccc(-c2cnc([C@@H](C)C3(N)COC3)[nH]2)cc1. The largest absolute Gasteiger partial charge is 0.377 e. The molecule has 0 amide bonds. The van der Waals surface area contributed by atoms with Crippen molar-refractivity contribution in [2.75, 3.05) is 13.2 Å². The lowest BCUT2D eigenvalue weighted by molar-refractivity contribution is -0.0655. The fourth-order valence-corrected chi connectivity index (χ4v) is 2.30. The van der Waals surface area contributed by atoms with E-state index in [0.717, 1.165) is 17.1 Å². The Labute approximate surface area is 113 Å². The number of aromatic nitrogens is 2. The third-order valence-electron chi connectivity index (χ3n) is 3.97. The first-order chi connectivity index (χ1) is 9.08. The summed E-state index contributed by atoms with van der Waals surface area (Å²) in [5.74, 6) is 1.10. The second-order valence-electron chi connectivity index (χ2n) is 5.50. The van der Waals surface area contributed by atoms with Crippen LogP contribution in [-0.2, 0) is 4.74 Å². The number of hydrogen-bond acceptors (Lipinski definition) is 3. The predicted molar refractivity (Wildman–Crippen MR) is 74.9 cm³/mol. The van der Waals surface area contributed by atoms with Crippen LogP contribution in [0, 0.1) is 6.92 Å². The Morgan fingerprint density at radius 3 is 2.58 bits per heavy atom. The van der Waals surface area contributed by atoms with Crippen LogP contribution in [0.5, 0.6) is 0 Å². The van der Waals surface area contributed by atoms with Gasteiger partial charge >= 0.3 is 0 Å². The molecule has 1 aromatic heterocycles. The number of nitrogens with two attached hydrogens (primary N) is 1. The van der Waals surface area contributed by atoms with Gasteiger partial charge in [0.05, 0.1) is 30.6 Å². The molecule has 4 nitrogen and oxygen atoms in total. The molecule has 1 atom stereocenters. The van der Waals surface area contributed by atoms with Crippen molar-refractivity contribution < 1.29 is 4.74 Å². The normalized spacial score (nSPS) is 18.9. The molecule has 2 heterocycles. The molecular weight excluding hydrogens is 238 g/mol. The van der Waals surface area contributed by atoms with Gasteiger partial charge in [-0.3, -0.25) is 0 Å². The average molecular weight is 257 g/mol. The number of ether oxygens (including phenoxy) is 1. The number of H-pyrrole nitrogens is 1. The molecule has 1 aliphatic heterocycles. The molecule has 0 aliphatic carbocycles. The first-order valence-corrected chi connectivity index (χ1v) is 6.57. The number of aromatic amines is 1. The minimum atomic E-state index is -0.275. The molecule has 1 aliphatic rings. The Balaban J connectivity index is 1.85. The van der Waals surface area contributed by atoms with Gasteiger partial charge in [0.2, 0.25) is 0 Å². The Morgan fingerprint density at radius 1 is 1.32 bits per heavy atom. The number of nitrogens with one attached hydrogen (secondary N) is 1. The third-order valence-corrected chi connectivity index (χ3v) is 3.97. The lowest BCUT2D eigenvalue weighted by Crippen LogP contribution is -2.60. The fourth-order valence-electron chi connectivity index (χ4n) is 2.30. The minimum absolute atomic E-state index is 0.167. The van der Waals surface area contributed by atoms with Gasteiger partial charge < -0.3 is 15.5 Å². The maximum atomic E-state index is 6.26. The molecular formula is C15H19N3O. The lowest BCUT2D eigenvalue weighted by Gasteiger charge is -2.41. The van der Waals surface area contributed by atoms with Crippen LogP contribution < -0.4 is 5.73 Å². The molecule has 19 heavy (non-hydrogen) atoms. The molecule has 3 rings (SSSR count). The van der Waals surface area contributed by atoms with Crippen LogP contribution in [-0.4, -0.2) is 28.7 Å². The van der Waals surface area contributed by atoms with E-state index in [1.165, 1.54) is 5.56 Å². The second-order valence-corrected chi connectivity index (χ2v) is 5.50. The maximum Gasteiger partial charge on any atom is 0.111 e. The van der Waals surface area contributed by atoms with Crippen molar-refractivity contribution in [3.8, 4) is 11.3 Å². The van der Waals surface area contributed by atoms with E-state index < -0.39 is 0 Å². The van der Waals surface area contributed by atoms with Crippen LogP contribution in [0.15, 0.2) is 30.5 Å². The maximum absolute atomic E-state index is 6.26. The fraction of sp³-hybridized carbons (Fsp3) is 0.400. The molecule has 0 saturated carbocycles. The Kier molecular flexibility index (Phi) is 2.92. The van der Waals surface area contributed by atoms with Crippen LogP contribution in [0.25, 0.3) is 11.3 Å². The Hall–Kier alpha value is -1.65. The summed E-state index contributed by atoms with van der Waals surface area (Å²) in [6.07, 6.45) is 1.87. The minimum Gasteiger partial charge on any atom is -0.377 e. The van der Waals surface area contributed by atoms with Gasteiger partial charge in [-0.15, -0.1) is 0 Å². The summed E-state index contributed by atoms with van der Waals surface area (Å²) in [6, 6.07) is 8.40. The lowest BCUT2D eigenvalue weighted by atomic mass is 9.84. The highest BCUT2D eigenvalue weighted by Gasteiger charge is 2.41. The quantitative estimate of drug-likeness (QED) is 0.886. The van der Waals surface area contributed by atoms with Gasteiger partial charge in [-0.25, -0.2) is 4.98 Å². The van der Waals surface area contributed by atoms with Gasteiger partial charge in [-0.1, -0.05) is 36.8 Å². The van der Waals surface area contributed by atoms with E-state index in [0.29, 0.717) is 13.2 Å². The van der Waals surface area contributed by atoms with Crippen molar-refractivity contribution in [1.82, 2.24) is 9.97 Å². The van der Waals surface area contributed by atoms with Crippen molar-refractivity contribution >= 4 is 0 Å². The highest BCUT2D eigenvalue weighted by atomic mass is 16.5. The average Bonchev–Trinajstić information content (AvgIpc) is 2.85. The van der Waals surface area contributed by atoms with Gasteiger partial charge in [-0.2, -0.15) is 0 Å². The van der Waals surface area contributed by atoms with E-state index in [4.69, 9.17) is 10.5 Å². The van der Waals surface area contributed by atoms with Crippen LogP contribution in [0.1, 0.15) is 24.2 Å². The van der Waals surface area contributed by atoms with Crippen LogP contribution in [0.4, 0.5) is 0 Å². The zero-order valence-corrected chi connectivity index (χ0v) is 11.3. The smallest absolute Gasteiger partial charge is 0.111 e. The van der Waals surface area contributed by atoms with E-state index in [-0.39, 0.29) is 11.5 Å². The number of hydrogen-bond donors (Lipinski definition) is 2. The van der Waals surface area contributed by atoms with Crippen molar-refractivity contribution in [1.29, 1.82) is 0 Å². The number of nitrogens with zero attached hydrogens (tertiary/aromatic N) is 1. The first-order valence-electron chi connectivity index (χ1n) is 6.57. The van der Waals surface area contributed by atoms with Gasteiger partial charge in [0.15, 0.2) is 0 Å². The molecule has 1 saturated heterocycles. The van der Waals surface area contributed by atoms with Gasteiger partial charge in [-0.05, 0) is 12.5 Å². The molecule has 0 radical (unpaired) electrons. The number of benzene rings is 1. The van der Waals surface area contributed by atoms with Crippen LogP contribution in [0.3, 0.4) is 0 Å². The molecule has 1 aromatic carbocycles. The van der Waals surface area contributed by atoms with Gasteiger partial charge in [0.1, 0.15) is 5.82 Å². The van der Waals surface area contributed by atoms with Crippen molar-refractivity contribution in [2.45, 2.75) is 25.3 Å². The molecule has 1 fully saturated rings. The van der Waals surface area contributed by atoms with Crippen molar-refractivity contribution in [3.63, 3.8) is 0 Å². The molecule has 3 N–H and O–H groups in total. The first kappa shape index (κ1) is 12.4. The van der Waals surface area contributed by atoms with E-state index in [9.17, 15) is 0 Å². The zero-order chi connectivity index (χ0) is 13.5. The topological polar surface area (TPSA) is 63.9 Å². The summed E-state index contributed by atoms with van der Waals surface area (Å²) in [5.41, 5.74) is 9.42. The van der Waals surface area contributed by atoms with E-state index in [1.54, 1.807) is 0 Å². The van der Waals surface area contributed by atoms with E-state index >= 15 is 0 Å². The summed E-state index contributed by atoms with van der Waals surface area (Å²) in [5, 5.41) is 0. The monoisotopic (exact) mass is 257 g/mol. The Morgan fingerprint density at radius 2 is 2.00 bits per heavy atom. The molecule has 0 bridgehead atoms. The van der Waals surface area contributed by atoms with Gasteiger partial charge in [0, 0.05) is 5.92 Å². The highest BCUT2D eigenvalue weighted by molar-refractivity contribution is 5.58. The molecule has 100 valence electrons. The van der Waals surface area contributed by atoms with Crippen molar-refractivity contribution in [2.24, 2.45) is 5.73 Å². The number of aryl methyl sites for hydroxylation is 1. The predicted octanol–water partition coefficient (Wildman–Crippen LogP) is 2.22. The number of imidazole rings is 1. The Bertz CT molecular complexity index is 569. The van der Waals surface area contributed by atoms with Crippen LogP contribution >= 0.6 is 0 Å². The second kappa shape index (κ2) is 4.47. The summed E-state index contributed by atoms with van der Waals surface area (Å²) in [4.78, 5) is 7.85. The summed E-state index contributed by atoms with van der Waals surface area (Å²) < 4.78 is 5.22. The molecule has 0 unspecified atom stereocenters. The summed E-state index contributed by atoms with van der Waals surface area (Å²) in [6.45, 7) is 5.39. The molecule has 4 heteroatoms. The van der Waals surface area contributed by atoms with Crippen LogP contribution in [0.2, 0.25) is 0 Å². The zero-order valence-electron chi connectivity index (χ0n) is 11.3. The third kappa shape index (κ3) is 2.17. The summed E-state index contributed by atoms with van der Waals surface area (Å²) >= 11 is 0.